The summed E-state index contributed by atoms with van der Waals surface area (Å²) < 4.78 is 1.26. The summed E-state index contributed by atoms with van der Waals surface area (Å²) in [5.41, 5.74) is 8.02. The maximum Gasteiger partial charge on any atom is 0.0907 e. The molecule has 74 valence electrons. The Hall–Kier alpha value is -0.930. The number of nitrogens with two attached hydrogens (primary N) is 1. The van der Waals surface area contributed by atoms with E-state index in [1.54, 1.807) is 11.3 Å². The molecule has 1 heterocycles. The lowest BCUT2D eigenvalue weighted by molar-refractivity contribution is 0.775. The van der Waals surface area contributed by atoms with Gasteiger partial charge in [-0.05, 0) is 37.1 Å². The minimum absolute atomic E-state index is 0.418. The number of thiazole rings is 1. The molecule has 2 nitrogen and oxygen atoms in total. The van der Waals surface area contributed by atoms with Crippen LogP contribution < -0.4 is 5.73 Å². The zero-order valence-corrected chi connectivity index (χ0v) is 9.27. The van der Waals surface area contributed by atoms with Gasteiger partial charge in [0.15, 0.2) is 0 Å². The van der Waals surface area contributed by atoms with E-state index in [0.29, 0.717) is 12.5 Å². The molecular weight excluding hydrogens is 192 g/mol. The second kappa shape index (κ2) is 3.67. The van der Waals surface area contributed by atoms with Gasteiger partial charge in [0.2, 0.25) is 0 Å². The molecule has 1 unspecified atom stereocenters. The first kappa shape index (κ1) is 9.62. The molecule has 0 aliphatic heterocycles. The van der Waals surface area contributed by atoms with Gasteiger partial charge in [-0.15, -0.1) is 11.3 Å². The molecule has 0 saturated heterocycles. The van der Waals surface area contributed by atoms with E-state index in [1.165, 1.54) is 10.3 Å². The first-order chi connectivity index (χ1) is 6.70. The number of hydrogen-bond donors (Lipinski definition) is 1. The number of benzene rings is 1. The van der Waals surface area contributed by atoms with Gasteiger partial charge in [0.05, 0.1) is 15.2 Å². The summed E-state index contributed by atoms with van der Waals surface area (Å²) in [5, 5.41) is 1.12. The second-order valence-corrected chi connectivity index (χ2v) is 4.83. The van der Waals surface area contributed by atoms with Gasteiger partial charge in [-0.2, -0.15) is 0 Å². The van der Waals surface area contributed by atoms with E-state index < -0.39 is 0 Å². The SMILES string of the molecule is Cc1nc2cc(C(C)CN)ccc2s1. The molecule has 1 atom stereocenters. The van der Waals surface area contributed by atoms with Crippen LogP contribution in [0.4, 0.5) is 0 Å². The van der Waals surface area contributed by atoms with Crippen LogP contribution in [0.25, 0.3) is 10.2 Å². The first-order valence-corrected chi connectivity index (χ1v) is 5.59. The molecular formula is C11H14N2S. The van der Waals surface area contributed by atoms with Crippen LogP contribution in [-0.4, -0.2) is 11.5 Å². The van der Waals surface area contributed by atoms with Crippen molar-refractivity contribution in [1.29, 1.82) is 0 Å². The average molecular weight is 206 g/mol. The van der Waals surface area contributed by atoms with Crippen molar-refractivity contribution in [2.24, 2.45) is 5.73 Å². The highest BCUT2D eigenvalue weighted by molar-refractivity contribution is 7.18. The predicted molar refractivity (Wildman–Crippen MR) is 61.8 cm³/mol. The van der Waals surface area contributed by atoms with Gasteiger partial charge in [-0.3, -0.25) is 0 Å². The molecule has 3 heteroatoms. The Balaban J connectivity index is 2.50. The van der Waals surface area contributed by atoms with Crippen LogP contribution in [0.3, 0.4) is 0 Å². The lowest BCUT2D eigenvalue weighted by Gasteiger charge is -2.07. The molecule has 0 amide bonds. The Kier molecular flexibility index (Phi) is 2.52. The van der Waals surface area contributed by atoms with E-state index >= 15 is 0 Å². The van der Waals surface area contributed by atoms with Gasteiger partial charge < -0.3 is 5.73 Å². The summed E-state index contributed by atoms with van der Waals surface area (Å²) in [6.45, 7) is 4.87. The topological polar surface area (TPSA) is 38.9 Å². The quantitative estimate of drug-likeness (QED) is 0.820. The van der Waals surface area contributed by atoms with Crippen molar-refractivity contribution in [1.82, 2.24) is 4.98 Å². The Morgan fingerprint density at radius 2 is 2.29 bits per heavy atom. The summed E-state index contributed by atoms with van der Waals surface area (Å²) in [6.07, 6.45) is 0. The zero-order chi connectivity index (χ0) is 10.1. The molecule has 0 bridgehead atoms. The molecule has 2 N–H and O–H groups in total. The van der Waals surface area contributed by atoms with Gasteiger partial charge in [-0.25, -0.2) is 4.98 Å². The van der Waals surface area contributed by atoms with E-state index in [4.69, 9.17) is 5.73 Å². The van der Waals surface area contributed by atoms with Gasteiger partial charge in [0.25, 0.3) is 0 Å². The molecule has 1 aromatic carbocycles. The van der Waals surface area contributed by atoms with Gasteiger partial charge >= 0.3 is 0 Å². The van der Waals surface area contributed by atoms with Crippen LogP contribution in [0.5, 0.6) is 0 Å². The molecule has 0 aliphatic carbocycles. The Labute approximate surface area is 87.8 Å². The van der Waals surface area contributed by atoms with Crippen molar-refractivity contribution >= 4 is 21.6 Å². The summed E-state index contributed by atoms with van der Waals surface area (Å²) in [4.78, 5) is 4.47. The number of hydrogen-bond acceptors (Lipinski definition) is 3. The highest BCUT2D eigenvalue weighted by Crippen LogP contribution is 2.25. The Morgan fingerprint density at radius 1 is 1.50 bits per heavy atom. The Morgan fingerprint density at radius 3 is 3.00 bits per heavy atom. The number of aryl methyl sites for hydroxylation is 1. The third kappa shape index (κ3) is 1.65. The molecule has 1 aromatic heterocycles. The van der Waals surface area contributed by atoms with E-state index in [-0.39, 0.29) is 0 Å². The predicted octanol–water partition coefficient (Wildman–Crippen LogP) is 2.67. The molecule has 2 aromatic rings. The standard InChI is InChI=1S/C11H14N2S/c1-7(6-12)9-3-4-11-10(5-9)13-8(2)14-11/h3-5,7H,6,12H2,1-2H3. The zero-order valence-electron chi connectivity index (χ0n) is 8.45. The number of nitrogens with zero attached hydrogens (tertiary/aromatic N) is 1. The average Bonchev–Trinajstić information content (AvgIpc) is 2.55. The minimum Gasteiger partial charge on any atom is -0.330 e. The third-order valence-electron chi connectivity index (χ3n) is 2.44. The fraction of sp³-hybridized carbons (Fsp3) is 0.364. The van der Waals surface area contributed by atoms with Crippen molar-refractivity contribution in [2.45, 2.75) is 19.8 Å². The van der Waals surface area contributed by atoms with Crippen molar-refractivity contribution in [2.75, 3.05) is 6.54 Å². The fourth-order valence-electron chi connectivity index (χ4n) is 1.50. The smallest absolute Gasteiger partial charge is 0.0907 e. The maximum atomic E-state index is 5.64. The van der Waals surface area contributed by atoms with Crippen LogP contribution in [0.1, 0.15) is 23.4 Å². The first-order valence-electron chi connectivity index (χ1n) is 4.78. The lowest BCUT2D eigenvalue weighted by Crippen LogP contribution is -2.08. The lowest BCUT2D eigenvalue weighted by atomic mass is 10.0. The summed E-state index contributed by atoms with van der Waals surface area (Å²) >= 11 is 1.74. The highest BCUT2D eigenvalue weighted by Gasteiger charge is 2.06. The van der Waals surface area contributed by atoms with Crippen molar-refractivity contribution in [3.8, 4) is 0 Å². The number of rotatable bonds is 2. The van der Waals surface area contributed by atoms with Crippen LogP contribution in [0.15, 0.2) is 18.2 Å². The van der Waals surface area contributed by atoms with Gasteiger partial charge in [-0.1, -0.05) is 13.0 Å². The monoisotopic (exact) mass is 206 g/mol. The summed E-state index contributed by atoms with van der Waals surface area (Å²) in [6, 6.07) is 6.44. The molecule has 0 aliphatic rings. The van der Waals surface area contributed by atoms with Crippen LogP contribution in [-0.2, 0) is 0 Å². The largest absolute Gasteiger partial charge is 0.330 e. The minimum atomic E-state index is 0.418. The van der Waals surface area contributed by atoms with E-state index in [0.717, 1.165) is 10.5 Å². The molecule has 14 heavy (non-hydrogen) atoms. The second-order valence-electron chi connectivity index (χ2n) is 3.60. The normalized spacial score (nSPS) is 13.4. The van der Waals surface area contributed by atoms with E-state index in [1.807, 2.05) is 6.92 Å². The molecule has 2 rings (SSSR count). The molecule has 0 spiro atoms. The van der Waals surface area contributed by atoms with Crippen molar-refractivity contribution in [3.63, 3.8) is 0 Å². The van der Waals surface area contributed by atoms with Crippen LogP contribution in [0.2, 0.25) is 0 Å². The summed E-state index contributed by atoms with van der Waals surface area (Å²) in [5.74, 6) is 0.418. The van der Waals surface area contributed by atoms with Crippen molar-refractivity contribution in [3.05, 3.63) is 28.8 Å². The maximum absolute atomic E-state index is 5.64. The van der Waals surface area contributed by atoms with Crippen molar-refractivity contribution < 1.29 is 0 Å². The molecule has 0 radical (unpaired) electrons. The Bertz CT molecular complexity index is 447. The molecule has 0 fully saturated rings. The number of fused-ring (bicyclic) bond motifs is 1. The summed E-state index contributed by atoms with van der Waals surface area (Å²) in [7, 11) is 0. The van der Waals surface area contributed by atoms with Gasteiger partial charge in [0.1, 0.15) is 0 Å². The van der Waals surface area contributed by atoms with E-state index in [2.05, 4.69) is 30.1 Å². The third-order valence-corrected chi connectivity index (χ3v) is 3.39. The van der Waals surface area contributed by atoms with Gasteiger partial charge in [0, 0.05) is 0 Å². The van der Waals surface area contributed by atoms with E-state index in [9.17, 15) is 0 Å². The van der Waals surface area contributed by atoms with Crippen LogP contribution >= 0.6 is 11.3 Å². The highest BCUT2D eigenvalue weighted by atomic mass is 32.1. The molecule has 0 saturated carbocycles. The van der Waals surface area contributed by atoms with Crippen LogP contribution in [0, 0.1) is 6.92 Å². The number of aromatic nitrogens is 1. The fourth-order valence-corrected chi connectivity index (χ4v) is 2.31.